The number of hydrogen-bond donors (Lipinski definition) is 1. The van der Waals surface area contributed by atoms with E-state index in [2.05, 4.69) is 69.3 Å². The van der Waals surface area contributed by atoms with Gasteiger partial charge in [-0.15, -0.1) is 0 Å². The lowest BCUT2D eigenvalue weighted by atomic mass is 10.0. The highest BCUT2D eigenvalue weighted by molar-refractivity contribution is 6.99. The van der Waals surface area contributed by atoms with Crippen LogP contribution < -0.4 is 10.4 Å². The SMILES string of the molecule is CC(C)(C)[Si](OCCCCC[C@H](O)CC(=O)N1C(=O)OC[C@@H]1Cc1ccccc1)(c1ccccc1)c1ccccc1. The van der Waals surface area contributed by atoms with Crippen molar-refractivity contribution in [2.45, 2.75) is 76.5 Å². The maximum atomic E-state index is 12.9. The summed E-state index contributed by atoms with van der Waals surface area (Å²) in [5.41, 5.74) is 1.04. The monoisotopic (exact) mass is 573 g/mol. The first-order chi connectivity index (χ1) is 19.7. The Bertz CT molecular complexity index is 1210. The number of rotatable bonds is 13. The molecule has 1 fully saturated rings. The lowest BCUT2D eigenvalue weighted by molar-refractivity contribution is -0.131. The number of hydrogen-bond acceptors (Lipinski definition) is 5. The number of carbonyl (C=O) groups is 2. The second kappa shape index (κ2) is 14.1. The molecule has 0 spiro atoms. The first-order valence-electron chi connectivity index (χ1n) is 14.7. The van der Waals surface area contributed by atoms with Gasteiger partial charge in [0.1, 0.15) is 6.61 Å². The summed E-state index contributed by atoms with van der Waals surface area (Å²) in [6.07, 6.45) is 2.05. The summed E-state index contributed by atoms with van der Waals surface area (Å²) < 4.78 is 12.1. The number of benzene rings is 3. The number of nitrogens with zero attached hydrogens (tertiary/aromatic N) is 1. The number of cyclic esters (lactones) is 1. The Morgan fingerprint density at radius 2 is 1.49 bits per heavy atom. The molecule has 218 valence electrons. The molecule has 3 aromatic rings. The zero-order chi connectivity index (χ0) is 29.3. The molecule has 1 N–H and O–H groups in total. The molecule has 3 aromatic carbocycles. The second-order valence-electron chi connectivity index (χ2n) is 11.9. The van der Waals surface area contributed by atoms with Crippen molar-refractivity contribution in [3.05, 3.63) is 96.6 Å². The maximum Gasteiger partial charge on any atom is 0.416 e. The molecule has 0 bridgehead atoms. The van der Waals surface area contributed by atoms with Gasteiger partial charge in [-0.25, -0.2) is 9.69 Å². The predicted molar refractivity (Wildman–Crippen MR) is 165 cm³/mol. The number of imide groups is 1. The molecule has 0 aliphatic carbocycles. The largest absolute Gasteiger partial charge is 0.447 e. The molecule has 2 amide bonds. The van der Waals surface area contributed by atoms with Crippen molar-refractivity contribution >= 4 is 30.7 Å². The molecule has 1 saturated heterocycles. The number of amides is 2. The molecule has 1 heterocycles. The molecule has 0 unspecified atom stereocenters. The van der Waals surface area contributed by atoms with Crippen LogP contribution in [-0.2, 0) is 20.4 Å². The average Bonchev–Trinajstić information content (AvgIpc) is 3.33. The van der Waals surface area contributed by atoms with Crippen LogP contribution in [0.4, 0.5) is 4.79 Å². The molecular weight excluding hydrogens is 530 g/mol. The molecule has 41 heavy (non-hydrogen) atoms. The van der Waals surface area contributed by atoms with Crippen LogP contribution in [0.15, 0.2) is 91.0 Å². The van der Waals surface area contributed by atoms with Crippen molar-refractivity contribution in [2.24, 2.45) is 0 Å². The Hall–Kier alpha value is -3.26. The highest BCUT2D eigenvalue weighted by Crippen LogP contribution is 2.36. The van der Waals surface area contributed by atoms with E-state index in [-0.39, 0.29) is 30.0 Å². The normalized spacial score (nSPS) is 16.4. The number of aliphatic hydroxyl groups is 1. The predicted octanol–water partition coefficient (Wildman–Crippen LogP) is 5.46. The highest BCUT2D eigenvalue weighted by Gasteiger charge is 2.50. The number of ether oxygens (including phenoxy) is 1. The summed E-state index contributed by atoms with van der Waals surface area (Å²) >= 11 is 0. The van der Waals surface area contributed by atoms with Crippen LogP contribution in [0.3, 0.4) is 0 Å². The van der Waals surface area contributed by atoms with Crippen molar-refractivity contribution < 1.29 is 23.9 Å². The topological polar surface area (TPSA) is 76.1 Å². The van der Waals surface area contributed by atoms with Gasteiger partial charge in [0, 0.05) is 6.61 Å². The lowest BCUT2D eigenvalue weighted by Crippen LogP contribution is -2.66. The minimum atomic E-state index is -2.55. The summed E-state index contributed by atoms with van der Waals surface area (Å²) in [7, 11) is -2.55. The average molecular weight is 574 g/mol. The molecule has 0 radical (unpaired) electrons. The Kier molecular flexibility index (Phi) is 10.5. The zero-order valence-electron chi connectivity index (χ0n) is 24.5. The van der Waals surface area contributed by atoms with Gasteiger partial charge < -0.3 is 14.3 Å². The van der Waals surface area contributed by atoms with Crippen LogP contribution in [0.1, 0.15) is 58.4 Å². The Morgan fingerprint density at radius 1 is 0.927 bits per heavy atom. The van der Waals surface area contributed by atoms with Crippen molar-refractivity contribution in [2.75, 3.05) is 13.2 Å². The van der Waals surface area contributed by atoms with Crippen LogP contribution >= 0.6 is 0 Å². The van der Waals surface area contributed by atoms with Gasteiger partial charge in [-0.2, -0.15) is 0 Å². The minimum Gasteiger partial charge on any atom is -0.447 e. The quantitative estimate of drug-likeness (QED) is 0.217. The maximum absolute atomic E-state index is 12.9. The van der Waals surface area contributed by atoms with E-state index in [1.165, 1.54) is 15.3 Å². The van der Waals surface area contributed by atoms with E-state index < -0.39 is 20.5 Å². The molecule has 0 aromatic heterocycles. The summed E-state index contributed by atoms with van der Waals surface area (Å²) in [5.74, 6) is -0.379. The van der Waals surface area contributed by atoms with Crippen molar-refractivity contribution in [3.8, 4) is 0 Å². The van der Waals surface area contributed by atoms with Gasteiger partial charge in [-0.05, 0) is 40.2 Å². The Balaban J connectivity index is 1.28. The Labute approximate surface area is 245 Å². The molecule has 4 rings (SSSR count). The van der Waals surface area contributed by atoms with Crippen molar-refractivity contribution in [1.29, 1.82) is 0 Å². The van der Waals surface area contributed by atoms with Crippen LogP contribution in [0.2, 0.25) is 5.04 Å². The fraction of sp³-hybridized carbons (Fsp3) is 0.412. The first-order valence-corrected chi connectivity index (χ1v) is 16.6. The van der Waals surface area contributed by atoms with Crippen molar-refractivity contribution in [3.63, 3.8) is 0 Å². The molecule has 1 aliphatic heterocycles. The number of aliphatic hydroxyl groups excluding tert-OH is 1. The van der Waals surface area contributed by atoms with Gasteiger partial charge in [-0.1, -0.05) is 125 Å². The standard InChI is InChI=1S/C34H43NO5Si/c1-34(2,3)41(30-19-11-5-12-20-30,31-21-13-6-14-22-31)40-23-15-7-10-18-29(36)25-32(37)35-28(26-39-33(35)38)24-27-16-8-4-9-17-27/h4-6,8-9,11-14,16-17,19-22,28-29,36H,7,10,15,18,23-26H2,1-3H3/t28-,29-/m0/s1. The molecule has 2 atom stereocenters. The third-order valence-corrected chi connectivity index (χ3v) is 12.9. The van der Waals surface area contributed by atoms with Gasteiger partial charge >= 0.3 is 6.09 Å². The van der Waals surface area contributed by atoms with E-state index in [9.17, 15) is 14.7 Å². The third kappa shape index (κ3) is 7.53. The van der Waals surface area contributed by atoms with E-state index in [0.717, 1.165) is 24.8 Å². The van der Waals surface area contributed by atoms with Crippen LogP contribution in [0, 0.1) is 0 Å². The van der Waals surface area contributed by atoms with Gasteiger partial charge in [0.25, 0.3) is 8.32 Å². The van der Waals surface area contributed by atoms with Gasteiger partial charge in [-0.3, -0.25) is 4.79 Å². The van der Waals surface area contributed by atoms with Crippen LogP contribution in [0.5, 0.6) is 0 Å². The fourth-order valence-corrected chi connectivity index (χ4v) is 10.5. The Morgan fingerprint density at radius 3 is 2.05 bits per heavy atom. The van der Waals surface area contributed by atoms with Crippen LogP contribution in [-0.4, -0.2) is 55.7 Å². The number of unbranched alkanes of at least 4 members (excludes halogenated alkanes) is 2. The summed E-state index contributed by atoms with van der Waals surface area (Å²) in [6, 6.07) is 30.6. The molecule has 1 aliphatic rings. The van der Waals surface area contributed by atoms with E-state index >= 15 is 0 Å². The number of carbonyl (C=O) groups excluding carboxylic acids is 2. The lowest BCUT2D eigenvalue weighted by Gasteiger charge is -2.43. The van der Waals surface area contributed by atoms with E-state index in [0.29, 0.717) is 19.4 Å². The second-order valence-corrected chi connectivity index (χ2v) is 16.2. The highest BCUT2D eigenvalue weighted by atomic mass is 28.4. The third-order valence-electron chi connectivity index (χ3n) is 7.87. The van der Waals surface area contributed by atoms with E-state index in [1.807, 2.05) is 42.5 Å². The zero-order valence-corrected chi connectivity index (χ0v) is 25.5. The molecular formula is C34H43NO5Si. The van der Waals surface area contributed by atoms with Crippen molar-refractivity contribution in [1.82, 2.24) is 4.90 Å². The molecule has 6 nitrogen and oxygen atoms in total. The summed E-state index contributed by atoms with van der Waals surface area (Å²) in [5, 5.41) is 13.1. The summed E-state index contributed by atoms with van der Waals surface area (Å²) in [4.78, 5) is 26.4. The van der Waals surface area contributed by atoms with Gasteiger partial charge in [0.2, 0.25) is 5.91 Å². The van der Waals surface area contributed by atoms with Gasteiger partial charge in [0.05, 0.1) is 18.6 Å². The van der Waals surface area contributed by atoms with E-state index in [1.54, 1.807) is 0 Å². The smallest absolute Gasteiger partial charge is 0.416 e. The molecule has 0 saturated carbocycles. The fourth-order valence-electron chi connectivity index (χ4n) is 5.85. The first kappa shape index (κ1) is 30.7. The summed E-state index contributed by atoms with van der Waals surface area (Å²) in [6.45, 7) is 7.62. The minimum absolute atomic E-state index is 0.0681. The van der Waals surface area contributed by atoms with Crippen LogP contribution in [0.25, 0.3) is 0 Å². The van der Waals surface area contributed by atoms with E-state index in [4.69, 9.17) is 9.16 Å². The van der Waals surface area contributed by atoms with Gasteiger partial charge in [0.15, 0.2) is 0 Å². The molecule has 7 heteroatoms.